The molecule has 0 radical (unpaired) electrons. The number of piperidine rings is 1. The molecule has 0 spiro atoms. The Labute approximate surface area is 219 Å². The summed E-state index contributed by atoms with van der Waals surface area (Å²) in [6.45, 7) is 11.6. The van der Waals surface area contributed by atoms with Crippen LogP contribution in [0, 0.1) is 5.92 Å². The molecular weight excluding hydrogens is 534 g/mol. The zero-order chi connectivity index (χ0) is 22.6. The number of nitrogens with zero attached hydrogens (tertiary/aromatic N) is 1. The van der Waals surface area contributed by atoms with Crippen molar-refractivity contribution >= 4 is 15.9 Å². The molecule has 2 atom stereocenters. The van der Waals surface area contributed by atoms with Crippen molar-refractivity contribution in [1.82, 2.24) is 0 Å². The van der Waals surface area contributed by atoms with Gasteiger partial charge in [-0.1, -0.05) is 103 Å². The monoisotopic (exact) mass is 569 g/mol. The molecule has 1 fully saturated rings. The van der Waals surface area contributed by atoms with E-state index in [1.807, 2.05) is 0 Å². The maximum atomic E-state index is 3.60. The topological polar surface area (TPSA) is 0 Å². The molecule has 4 rings (SSSR count). The van der Waals surface area contributed by atoms with Gasteiger partial charge < -0.3 is 21.5 Å². The first-order valence-electron chi connectivity index (χ1n) is 12.0. The van der Waals surface area contributed by atoms with E-state index in [-0.39, 0.29) is 22.4 Å². The van der Waals surface area contributed by atoms with Gasteiger partial charge >= 0.3 is 0 Å². The van der Waals surface area contributed by atoms with Crippen LogP contribution >= 0.6 is 15.9 Å². The molecule has 0 saturated carbocycles. The second-order valence-corrected chi connectivity index (χ2v) is 11.8. The first-order chi connectivity index (χ1) is 15.3. The van der Waals surface area contributed by atoms with Crippen LogP contribution in [-0.4, -0.2) is 17.6 Å². The summed E-state index contributed by atoms with van der Waals surface area (Å²) >= 11 is 3.60. The lowest BCUT2D eigenvalue weighted by Crippen LogP contribution is -3.00. The molecule has 1 aliphatic rings. The number of quaternary nitrogens is 1. The third kappa shape index (κ3) is 7.28. The van der Waals surface area contributed by atoms with E-state index in [0.717, 1.165) is 28.0 Å². The number of likely N-dealkylation sites (tertiary alicyclic amines) is 1. The maximum absolute atomic E-state index is 3.60. The van der Waals surface area contributed by atoms with Gasteiger partial charge in [0, 0.05) is 21.5 Å². The number of benzene rings is 3. The summed E-state index contributed by atoms with van der Waals surface area (Å²) in [5.74, 6) is 0.739. The molecule has 3 aromatic carbocycles. The summed E-state index contributed by atoms with van der Waals surface area (Å²) in [4.78, 5) is 0. The fourth-order valence-corrected chi connectivity index (χ4v) is 5.64. The van der Waals surface area contributed by atoms with Crippen molar-refractivity contribution in [1.29, 1.82) is 0 Å². The second kappa shape index (κ2) is 11.3. The fourth-order valence-electron chi connectivity index (χ4n) is 5.38. The van der Waals surface area contributed by atoms with Gasteiger partial charge in [0.25, 0.3) is 0 Å². The Morgan fingerprint density at radius 3 is 1.97 bits per heavy atom. The third-order valence-corrected chi connectivity index (χ3v) is 7.56. The highest BCUT2D eigenvalue weighted by Crippen LogP contribution is 2.32. The minimum atomic E-state index is 0. The number of halogens is 2. The van der Waals surface area contributed by atoms with Crippen molar-refractivity contribution in [3.8, 4) is 0 Å². The van der Waals surface area contributed by atoms with Crippen molar-refractivity contribution in [2.75, 3.05) is 13.1 Å². The van der Waals surface area contributed by atoms with Crippen LogP contribution < -0.4 is 17.0 Å². The molecule has 0 amide bonds. The highest BCUT2D eigenvalue weighted by atomic mass is 79.9. The summed E-state index contributed by atoms with van der Waals surface area (Å²) in [5, 5.41) is 0. The molecule has 0 aliphatic carbocycles. The maximum Gasteiger partial charge on any atom is 0.105 e. The Balaban J connectivity index is 0.00000306. The van der Waals surface area contributed by atoms with E-state index in [0.29, 0.717) is 0 Å². The first-order valence-corrected chi connectivity index (χ1v) is 12.8. The molecule has 1 saturated heterocycles. The molecule has 3 heteroatoms. The van der Waals surface area contributed by atoms with Gasteiger partial charge in [-0.05, 0) is 47.9 Å². The largest absolute Gasteiger partial charge is 1.00 e. The summed E-state index contributed by atoms with van der Waals surface area (Å²) in [7, 11) is 0. The Morgan fingerprint density at radius 1 is 0.788 bits per heavy atom. The Morgan fingerprint density at radius 2 is 1.36 bits per heavy atom. The highest BCUT2D eigenvalue weighted by molar-refractivity contribution is 9.10. The lowest BCUT2D eigenvalue weighted by atomic mass is 9.85. The van der Waals surface area contributed by atoms with Crippen LogP contribution in [0.1, 0.15) is 55.9 Å². The van der Waals surface area contributed by atoms with Crippen LogP contribution in [0.2, 0.25) is 0 Å². The van der Waals surface area contributed by atoms with Crippen LogP contribution in [-0.2, 0) is 24.9 Å². The standard InChI is InChI=1S/C30H37BrN.BrH/c1-30(2,3)28-15-11-24(12-16-28)20-27-10-7-19-32(23-27,21-25-8-5-4-6-9-25)22-26-13-17-29(31)18-14-26;/h4-6,8-9,11-18,27H,7,10,19-23H2,1-3H3;1H/q+1;/p-1. The van der Waals surface area contributed by atoms with Crippen LogP contribution in [0.25, 0.3) is 0 Å². The molecule has 3 aromatic rings. The molecule has 1 heterocycles. The lowest BCUT2D eigenvalue weighted by Gasteiger charge is -2.45. The van der Waals surface area contributed by atoms with Crippen molar-refractivity contribution in [2.45, 2.75) is 58.5 Å². The first kappa shape index (κ1) is 26.2. The lowest BCUT2D eigenvalue weighted by molar-refractivity contribution is -0.961. The smallest absolute Gasteiger partial charge is 0.105 e. The summed E-state index contributed by atoms with van der Waals surface area (Å²) < 4.78 is 2.32. The summed E-state index contributed by atoms with van der Waals surface area (Å²) in [6.07, 6.45) is 3.85. The number of hydrogen-bond donors (Lipinski definition) is 0. The van der Waals surface area contributed by atoms with Gasteiger partial charge in [-0.2, -0.15) is 0 Å². The molecule has 0 N–H and O–H groups in total. The molecule has 0 bridgehead atoms. The van der Waals surface area contributed by atoms with Gasteiger partial charge in [0.15, 0.2) is 0 Å². The second-order valence-electron chi connectivity index (χ2n) is 10.8. The molecule has 33 heavy (non-hydrogen) atoms. The zero-order valence-electron chi connectivity index (χ0n) is 20.2. The minimum Gasteiger partial charge on any atom is -1.00 e. The van der Waals surface area contributed by atoms with Crippen molar-refractivity contribution in [3.05, 3.63) is 106 Å². The average Bonchev–Trinajstić information content (AvgIpc) is 2.76. The molecule has 1 aliphatic heterocycles. The van der Waals surface area contributed by atoms with E-state index in [2.05, 4.69) is 116 Å². The van der Waals surface area contributed by atoms with E-state index in [9.17, 15) is 0 Å². The summed E-state index contributed by atoms with van der Waals surface area (Å²) in [5.41, 5.74) is 6.04. The van der Waals surface area contributed by atoms with E-state index in [1.165, 1.54) is 54.6 Å². The van der Waals surface area contributed by atoms with E-state index in [1.54, 1.807) is 0 Å². The van der Waals surface area contributed by atoms with Crippen LogP contribution in [0.5, 0.6) is 0 Å². The van der Waals surface area contributed by atoms with Crippen LogP contribution in [0.3, 0.4) is 0 Å². The SMILES string of the molecule is CC(C)(C)c1ccc(CC2CCC[N+](Cc3ccccc3)(Cc3ccc(Br)cc3)C2)cc1.[Br-]. The molecule has 1 nitrogen and oxygen atoms in total. The molecule has 176 valence electrons. The molecule has 0 aromatic heterocycles. The minimum absolute atomic E-state index is 0. The zero-order valence-corrected chi connectivity index (χ0v) is 23.4. The van der Waals surface area contributed by atoms with Crippen LogP contribution in [0.15, 0.2) is 83.3 Å². The van der Waals surface area contributed by atoms with E-state index >= 15 is 0 Å². The van der Waals surface area contributed by atoms with Gasteiger partial charge in [0.1, 0.15) is 13.1 Å². The average molecular weight is 571 g/mol. The third-order valence-electron chi connectivity index (χ3n) is 7.03. The van der Waals surface area contributed by atoms with Crippen molar-refractivity contribution in [3.63, 3.8) is 0 Å². The number of hydrogen-bond acceptors (Lipinski definition) is 0. The van der Waals surface area contributed by atoms with Gasteiger partial charge in [0.05, 0.1) is 13.1 Å². The Hall–Kier alpha value is -1.42. The predicted octanol–water partition coefficient (Wildman–Crippen LogP) is 4.92. The van der Waals surface area contributed by atoms with Crippen LogP contribution in [0.4, 0.5) is 0 Å². The normalized spacial score (nSPS) is 20.8. The van der Waals surface area contributed by atoms with E-state index < -0.39 is 0 Å². The quantitative estimate of drug-likeness (QED) is 0.369. The van der Waals surface area contributed by atoms with Gasteiger partial charge in [-0.3, -0.25) is 0 Å². The number of rotatable bonds is 6. The Bertz CT molecular complexity index is 990. The van der Waals surface area contributed by atoms with Gasteiger partial charge in [0.2, 0.25) is 0 Å². The fraction of sp³-hybridized carbons (Fsp3) is 0.400. The molecule has 2 unspecified atom stereocenters. The van der Waals surface area contributed by atoms with E-state index in [4.69, 9.17) is 0 Å². The van der Waals surface area contributed by atoms with Gasteiger partial charge in [-0.25, -0.2) is 0 Å². The summed E-state index contributed by atoms with van der Waals surface area (Å²) in [6, 6.07) is 29.5. The van der Waals surface area contributed by atoms with Gasteiger partial charge in [-0.15, -0.1) is 0 Å². The highest BCUT2D eigenvalue weighted by Gasteiger charge is 2.35. The predicted molar refractivity (Wildman–Crippen MR) is 140 cm³/mol. The van der Waals surface area contributed by atoms with Crippen molar-refractivity contribution in [2.24, 2.45) is 5.92 Å². The van der Waals surface area contributed by atoms with Crippen molar-refractivity contribution < 1.29 is 21.5 Å². The molecular formula is C30H37Br2N. The Kier molecular flexibility index (Phi) is 9.00.